The summed E-state index contributed by atoms with van der Waals surface area (Å²) in [5.74, 6) is -1.00. The Balaban J connectivity index is 1.99. The smallest absolute Gasteiger partial charge is 0.311 e. The number of carboxylic acid groups (broad SMARTS) is 1. The average Bonchev–Trinajstić information content (AvgIpc) is 2.82. The van der Waals surface area contributed by atoms with Crippen LogP contribution in [0.4, 0.5) is 0 Å². The highest BCUT2D eigenvalue weighted by Gasteiger charge is 2.42. The number of benzene rings is 1. The molecule has 0 radical (unpaired) electrons. The maximum absolute atomic E-state index is 12.4. The molecule has 1 N–H and O–H groups in total. The van der Waals surface area contributed by atoms with Crippen molar-refractivity contribution >= 4 is 23.5 Å². The normalized spacial score (nSPS) is 23.1. The van der Waals surface area contributed by atoms with Gasteiger partial charge in [0.25, 0.3) is 0 Å². The van der Waals surface area contributed by atoms with Gasteiger partial charge in [-0.3, -0.25) is 9.59 Å². The molecular formula is C16H20ClNO3. The highest BCUT2D eigenvalue weighted by atomic mass is 35.5. The van der Waals surface area contributed by atoms with E-state index in [1.807, 2.05) is 25.1 Å². The van der Waals surface area contributed by atoms with Crippen molar-refractivity contribution in [3.63, 3.8) is 0 Å². The average molecular weight is 310 g/mol. The minimum Gasteiger partial charge on any atom is -0.481 e. The lowest BCUT2D eigenvalue weighted by Crippen LogP contribution is -2.37. The summed E-state index contributed by atoms with van der Waals surface area (Å²) in [5.41, 5.74) is 0.203. The SMILES string of the molecule is CC(Cc1cccc(Cl)c1)C(=O)N1CCC(C)(C(=O)O)C1. The van der Waals surface area contributed by atoms with Crippen LogP contribution in [0.5, 0.6) is 0 Å². The zero-order valence-corrected chi connectivity index (χ0v) is 13.1. The van der Waals surface area contributed by atoms with Gasteiger partial charge in [-0.25, -0.2) is 0 Å². The quantitative estimate of drug-likeness (QED) is 0.930. The maximum atomic E-state index is 12.4. The van der Waals surface area contributed by atoms with E-state index in [-0.39, 0.29) is 11.8 Å². The van der Waals surface area contributed by atoms with E-state index in [4.69, 9.17) is 11.6 Å². The third-order valence-corrected chi connectivity index (χ3v) is 4.39. The van der Waals surface area contributed by atoms with E-state index in [1.165, 1.54) is 0 Å². The molecule has 1 heterocycles. The fraction of sp³-hybridized carbons (Fsp3) is 0.500. The summed E-state index contributed by atoms with van der Waals surface area (Å²) in [4.78, 5) is 25.4. The van der Waals surface area contributed by atoms with E-state index in [1.54, 1.807) is 17.9 Å². The monoisotopic (exact) mass is 309 g/mol. The standard InChI is InChI=1S/C16H20ClNO3/c1-11(8-12-4-3-5-13(17)9-12)14(19)18-7-6-16(2,10-18)15(20)21/h3-5,9,11H,6-8,10H2,1-2H3,(H,20,21). The Hall–Kier alpha value is -1.55. The van der Waals surface area contributed by atoms with Gasteiger partial charge in [0.15, 0.2) is 0 Å². The Kier molecular flexibility index (Phi) is 4.57. The summed E-state index contributed by atoms with van der Waals surface area (Å²) in [5, 5.41) is 9.88. The number of carbonyl (C=O) groups is 2. The van der Waals surface area contributed by atoms with Crippen molar-refractivity contribution in [2.45, 2.75) is 26.7 Å². The van der Waals surface area contributed by atoms with E-state index in [9.17, 15) is 14.7 Å². The van der Waals surface area contributed by atoms with Crippen LogP contribution in [0.1, 0.15) is 25.8 Å². The minimum absolute atomic E-state index is 0.0138. The number of carboxylic acids is 1. The molecule has 2 atom stereocenters. The van der Waals surface area contributed by atoms with Crippen LogP contribution in [0.25, 0.3) is 0 Å². The third kappa shape index (κ3) is 3.56. The molecule has 1 aromatic carbocycles. The topological polar surface area (TPSA) is 57.6 Å². The molecule has 0 bridgehead atoms. The van der Waals surface area contributed by atoms with Crippen LogP contribution in [-0.2, 0) is 16.0 Å². The predicted molar refractivity (Wildman–Crippen MR) is 81.3 cm³/mol. The Labute approximate surface area is 129 Å². The van der Waals surface area contributed by atoms with Gasteiger partial charge in [0.05, 0.1) is 5.41 Å². The second kappa shape index (κ2) is 6.06. The third-order valence-electron chi connectivity index (χ3n) is 4.15. The molecule has 2 unspecified atom stereocenters. The fourth-order valence-corrected chi connectivity index (χ4v) is 2.95. The summed E-state index contributed by atoms with van der Waals surface area (Å²) in [6, 6.07) is 7.47. The van der Waals surface area contributed by atoms with Crippen LogP contribution >= 0.6 is 11.6 Å². The molecule has 114 valence electrons. The van der Waals surface area contributed by atoms with Crippen molar-refractivity contribution in [3.8, 4) is 0 Å². The summed E-state index contributed by atoms with van der Waals surface area (Å²) >= 11 is 5.95. The molecule has 0 saturated carbocycles. The Morgan fingerprint density at radius 1 is 1.48 bits per heavy atom. The molecule has 5 heteroatoms. The first-order valence-corrected chi connectivity index (χ1v) is 7.46. The second-order valence-electron chi connectivity index (χ2n) is 6.11. The first-order valence-electron chi connectivity index (χ1n) is 7.08. The Morgan fingerprint density at radius 2 is 2.19 bits per heavy atom. The van der Waals surface area contributed by atoms with Gasteiger partial charge in [-0.05, 0) is 37.5 Å². The van der Waals surface area contributed by atoms with E-state index < -0.39 is 11.4 Å². The number of likely N-dealkylation sites (tertiary alicyclic amines) is 1. The van der Waals surface area contributed by atoms with Crippen LogP contribution in [0, 0.1) is 11.3 Å². The van der Waals surface area contributed by atoms with E-state index in [2.05, 4.69) is 0 Å². The summed E-state index contributed by atoms with van der Waals surface area (Å²) in [6.07, 6.45) is 1.12. The van der Waals surface area contributed by atoms with E-state index >= 15 is 0 Å². The van der Waals surface area contributed by atoms with Crippen molar-refractivity contribution in [1.82, 2.24) is 4.90 Å². The second-order valence-corrected chi connectivity index (χ2v) is 6.55. The van der Waals surface area contributed by atoms with E-state index in [0.29, 0.717) is 31.0 Å². The highest BCUT2D eigenvalue weighted by Crippen LogP contribution is 2.31. The molecule has 0 spiro atoms. The van der Waals surface area contributed by atoms with Gasteiger partial charge in [0, 0.05) is 24.0 Å². The maximum Gasteiger partial charge on any atom is 0.311 e. The predicted octanol–water partition coefficient (Wildman–Crippen LogP) is 2.84. The molecular weight excluding hydrogens is 290 g/mol. The fourth-order valence-electron chi connectivity index (χ4n) is 2.74. The molecule has 1 aliphatic heterocycles. The number of aliphatic carboxylic acids is 1. The first kappa shape index (κ1) is 15.8. The van der Waals surface area contributed by atoms with Crippen LogP contribution in [0.2, 0.25) is 5.02 Å². The van der Waals surface area contributed by atoms with Gasteiger partial charge in [-0.1, -0.05) is 30.7 Å². The summed E-state index contributed by atoms with van der Waals surface area (Å²) in [7, 11) is 0. The van der Waals surface area contributed by atoms with Crippen molar-refractivity contribution in [1.29, 1.82) is 0 Å². The molecule has 1 aliphatic rings. The van der Waals surface area contributed by atoms with Gasteiger partial charge in [0.2, 0.25) is 5.91 Å². The zero-order valence-electron chi connectivity index (χ0n) is 12.3. The Morgan fingerprint density at radius 3 is 2.76 bits per heavy atom. The van der Waals surface area contributed by atoms with Crippen molar-refractivity contribution in [3.05, 3.63) is 34.9 Å². The van der Waals surface area contributed by atoms with Crippen LogP contribution in [-0.4, -0.2) is 35.0 Å². The van der Waals surface area contributed by atoms with E-state index in [0.717, 1.165) is 5.56 Å². The van der Waals surface area contributed by atoms with Gasteiger partial charge in [-0.15, -0.1) is 0 Å². The van der Waals surface area contributed by atoms with Gasteiger partial charge in [0.1, 0.15) is 0 Å². The molecule has 2 rings (SSSR count). The lowest BCUT2D eigenvalue weighted by molar-refractivity contribution is -0.147. The van der Waals surface area contributed by atoms with Crippen LogP contribution in [0.3, 0.4) is 0 Å². The van der Waals surface area contributed by atoms with Crippen molar-refractivity contribution < 1.29 is 14.7 Å². The zero-order chi connectivity index (χ0) is 15.6. The lowest BCUT2D eigenvalue weighted by Gasteiger charge is -2.23. The highest BCUT2D eigenvalue weighted by molar-refractivity contribution is 6.30. The van der Waals surface area contributed by atoms with Crippen LogP contribution in [0.15, 0.2) is 24.3 Å². The Bertz CT molecular complexity index is 560. The largest absolute Gasteiger partial charge is 0.481 e. The van der Waals surface area contributed by atoms with Crippen LogP contribution < -0.4 is 0 Å². The number of amides is 1. The molecule has 1 fully saturated rings. The van der Waals surface area contributed by atoms with Crippen molar-refractivity contribution in [2.24, 2.45) is 11.3 Å². The number of halogens is 1. The molecule has 21 heavy (non-hydrogen) atoms. The first-order chi connectivity index (χ1) is 9.82. The molecule has 1 aromatic rings. The molecule has 1 saturated heterocycles. The number of hydrogen-bond acceptors (Lipinski definition) is 2. The van der Waals surface area contributed by atoms with Gasteiger partial charge in [-0.2, -0.15) is 0 Å². The lowest BCUT2D eigenvalue weighted by atomic mass is 9.90. The number of hydrogen-bond donors (Lipinski definition) is 1. The summed E-state index contributed by atoms with van der Waals surface area (Å²) < 4.78 is 0. The summed E-state index contributed by atoms with van der Waals surface area (Å²) in [6.45, 7) is 4.38. The molecule has 0 aliphatic carbocycles. The number of rotatable bonds is 4. The minimum atomic E-state index is -0.833. The van der Waals surface area contributed by atoms with Gasteiger partial charge >= 0.3 is 5.97 Å². The molecule has 0 aromatic heterocycles. The number of carbonyl (C=O) groups excluding carboxylic acids is 1. The van der Waals surface area contributed by atoms with Crippen molar-refractivity contribution in [2.75, 3.05) is 13.1 Å². The van der Waals surface area contributed by atoms with Gasteiger partial charge < -0.3 is 10.0 Å². The molecule has 4 nitrogen and oxygen atoms in total. The number of nitrogens with zero attached hydrogens (tertiary/aromatic N) is 1. The molecule has 1 amide bonds.